The predicted octanol–water partition coefficient (Wildman–Crippen LogP) is 1.43. The molecule has 102 valence electrons. The van der Waals surface area contributed by atoms with Gasteiger partial charge in [0.1, 0.15) is 0 Å². The smallest absolute Gasteiger partial charge is 0.272 e. The molecule has 5 nitrogen and oxygen atoms in total. The van der Waals surface area contributed by atoms with Gasteiger partial charge in [-0.25, -0.2) is 0 Å². The van der Waals surface area contributed by atoms with Gasteiger partial charge in [0.15, 0.2) is 5.69 Å². The van der Waals surface area contributed by atoms with Crippen LogP contribution >= 0.6 is 0 Å². The first kappa shape index (κ1) is 13.5. The van der Waals surface area contributed by atoms with Crippen molar-refractivity contribution >= 4 is 16.8 Å². The number of nitrogens with two attached hydrogens (primary N) is 1. The molecule has 19 heavy (non-hydrogen) atoms. The van der Waals surface area contributed by atoms with Gasteiger partial charge < -0.3 is 11.1 Å². The Morgan fingerprint density at radius 3 is 2.79 bits per heavy atom. The molecule has 0 fully saturated rings. The fraction of sp³-hybridized carbons (Fsp3) is 0.429. The minimum absolute atomic E-state index is 0.157. The molecule has 0 spiro atoms. The van der Waals surface area contributed by atoms with Crippen LogP contribution in [-0.4, -0.2) is 27.8 Å². The van der Waals surface area contributed by atoms with Crippen LogP contribution < -0.4 is 11.1 Å². The average Bonchev–Trinajstić information content (AvgIpc) is 2.67. The molecule has 0 aliphatic carbocycles. The van der Waals surface area contributed by atoms with Crippen molar-refractivity contribution in [2.45, 2.75) is 25.8 Å². The fourth-order valence-electron chi connectivity index (χ4n) is 2.17. The van der Waals surface area contributed by atoms with Crippen molar-refractivity contribution in [2.24, 2.45) is 12.8 Å². The number of rotatable bonds is 4. The molecule has 0 radical (unpaired) electrons. The molecule has 0 bridgehead atoms. The number of fused-ring (bicyclic) bond motifs is 1. The van der Waals surface area contributed by atoms with Crippen LogP contribution in [0.4, 0.5) is 0 Å². The van der Waals surface area contributed by atoms with E-state index in [0.717, 1.165) is 17.3 Å². The lowest BCUT2D eigenvalue weighted by Gasteiger charge is -2.25. The predicted molar refractivity (Wildman–Crippen MR) is 75.9 cm³/mol. The van der Waals surface area contributed by atoms with Crippen molar-refractivity contribution in [2.75, 3.05) is 6.54 Å². The molecule has 0 atom stereocenters. The maximum atomic E-state index is 12.3. The number of nitrogens with zero attached hydrogens (tertiary/aromatic N) is 2. The minimum Gasteiger partial charge on any atom is -0.346 e. The summed E-state index contributed by atoms with van der Waals surface area (Å²) in [4.78, 5) is 12.3. The molecule has 0 aliphatic rings. The van der Waals surface area contributed by atoms with Gasteiger partial charge in [-0.3, -0.25) is 9.48 Å². The highest BCUT2D eigenvalue weighted by Crippen LogP contribution is 2.18. The zero-order valence-electron chi connectivity index (χ0n) is 11.6. The van der Waals surface area contributed by atoms with Crippen molar-refractivity contribution in [1.29, 1.82) is 0 Å². The summed E-state index contributed by atoms with van der Waals surface area (Å²) in [5.74, 6) is -0.157. The Hall–Kier alpha value is -1.88. The van der Waals surface area contributed by atoms with Crippen molar-refractivity contribution < 1.29 is 4.79 Å². The van der Waals surface area contributed by atoms with Crippen LogP contribution in [0.1, 0.15) is 30.8 Å². The third kappa shape index (κ3) is 2.76. The first-order chi connectivity index (χ1) is 8.94. The van der Waals surface area contributed by atoms with Gasteiger partial charge in [0, 0.05) is 18.0 Å². The molecule has 0 saturated carbocycles. The van der Waals surface area contributed by atoms with Crippen LogP contribution in [0.25, 0.3) is 10.9 Å². The third-order valence-electron chi connectivity index (χ3n) is 3.19. The highest BCUT2D eigenvalue weighted by Gasteiger charge is 2.23. The Kier molecular flexibility index (Phi) is 3.57. The van der Waals surface area contributed by atoms with Crippen LogP contribution in [0.5, 0.6) is 0 Å². The molecule has 1 amide bonds. The van der Waals surface area contributed by atoms with Crippen molar-refractivity contribution in [3.05, 3.63) is 30.0 Å². The highest BCUT2D eigenvalue weighted by atomic mass is 16.2. The summed E-state index contributed by atoms with van der Waals surface area (Å²) < 4.78 is 1.72. The van der Waals surface area contributed by atoms with Crippen LogP contribution in [0.15, 0.2) is 24.3 Å². The van der Waals surface area contributed by atoms with Crippen LogP contribution in [-0.2, 0) is 7.05 Å². The number of para-hydroxylation sites is 1. The van der Waals surface area contributed by atoms with E-state index in [1.54, 1.807) is 4.68 Å². The Morgan fingerprint density at radius 1 is 1.42 bits per heavy atom. The molecule has 1 aromatic carbocycles. The zero-order valence-corrected chi connectivity index (χ0v) is 11.6. The Bertz CT molecular complexity index is 601. The van der Waals surface area contributed by atoms with Gasteiger partial charge in [-0.05, 0) is 32.9 Å². The fourth-order valence-corrected chi connectivity index (χ4v) is 2.17. The molecule has 1 heterocycles. The molecule has 0 aliphatic heterocycles. The van der Waals surface area contributed by atoms with E-state index >= 15 is 0 Å². The Labute approximate surface area is 112 Å². The topological polar surface area (TPSA) is 72.9 Å². The lowest BCUT2D eigenvalue weighted by atomic mass is 10.0. The van der Waals surface area contributed by atoms with E-state index in [0.29, 0.717) is 12.2 Å². The van der Waals surface area contributed by atoms with Crippen molar-refractivity contribution in [1.82, 2.24) is 15.1 Å². The maximum absolute atomic E-state index is 12.3. The van der Waals surface area contributed by atoms with E-state index in [2.05, 4.69) is 10.4 Å². The first-order valence-electron chi connectivity index (χ1n) is 6.39. The molecule has 2 aromatic rings. The van der Waals surface area contributed by atoms with E-state index in [1.165, 1.54) is 0 Å². The number of nitrogens with one attached hydrogen (secondary N) is 1. The lowest BCUT2D eigenvalue weighted by molar-refractivity contribution is 0.0906. The normalized spacial score (nSPS) is 11.8. The molecule has 0 unspecified atom stereocenters. The molecular weight excluding hydrogens is 240 g/mol. The van der Waals surface area contributed by atoms with E-state index in [4.69, 9.17) is 5.73 Å². The molecule has 5 heteroatoms. The number of carbonyl (C=O) groups is 1. The summed E-state index contributed by atoms with van der Waals surface area (Å²) in [5, 5.41) is 8.16. The zero-order chi connectivity index (χ0) is 14.0. The van der Waals surface area contributed by atoms with Gasteiger partial charge in [-0.15, -0.1) is 0 Å². The van der Waals surface area contributed by atoms with Gasteiger partial charge in [-0.1, -0.05) is 18.2 Å². The largest absolute Gasteiger partial charge is 0.346 e. The van der Waals surface area contributed by atoms with Crippen molar-refractivity contribution in [3.8, 4) is 0 Å². The maximum Gasteiger partial charge on any atom is 0.272 e. The second kappa shape index (κ2) is 5.01. The number of aryl methyl sites for hydroxylation is 1. The lowest BCUT2D eigenvalue weighted by Crippen LogP contribution is -2.44. The van der Waals surface area contributed by atoms with Crippen LogP contribution in [0, 0.1) is 0 Å². The molecule has 2 rings (SSSR count). The third-order valence-corrected chi connectivity index (χ3v) is 3.19. The van der Waals surface area contributed by atoms with Crippen LogP contribution in [0.2, 0.25) is 0 Å². The monoisotopic (exact) mass is 260 g/mol. The summed E-state index contributed by atoms with van der Waals surface area (Å²) in [6.45, 7) is 4.46. The molecular formula is C14H20N4O. The number of hydrogen-bond acceptors (Lipinski definition) is 3. The molecule has 1 aromatic heterocycles. The number of carbonyl (C=O) groups excluding carboxylic acids is 1. The minimum atomic E-state index is -0.329. The van der Waals surface area contributed by atoms with E-state index in [9.17, 15) is 4.79 Å². The SMILES string of the molecule is Cn1nc(C(=O)NC(C)(C)CCN)c2ccccc21. The number of benzene rings is 1. The Morgan fingerprint density at radius 2 is 2.11 bits per heavy atom. The Balaban J connectivity index is 2.32. The summed E-state index contributed by atoms with van der Waals surface area (Å²) in [6.07, 6.45) is 0.726. The number of hydrogen-bond donors (Lipinski definition) is 2. The standard InChI is InChI=1S/C14H20N4O/c1-14(2,8-9-15)16-13(19)12-10-6-4-5-7-11(10)18(3)17-12/h4-7H,8-9,15H2,1-3H3,(H,16,19). The summed E-state index contributed by atoms with van der Waals surface area (Å²) in [6, 6.07) is 7.70. The van der Waals surface area contributed by atoms with Crippen LogP contribution in [0.3, 0.4) is 0 Å². The molecule has 0 saturated heterocycles. The summed E-state index contributed by atoms with van der Waals surface area (Å²) in [7, 11) is 1.84. The van der Waals surface area contributed by atoms with E-state index < -0.39 is 0 Å². The number of aromatic nitrogens is 2. The van der Waals surface area contributed by atoms with Gasteiger partial charge >= 0.3 is 0 Å². The molecule has 3 N–H and O–H groups in total. The van der Waals surface area contributed by atoms with Crippen molar-refractivity contribution in [3.63, 3.8) is 0 Å². The van der Waals surface area contributed by atoms with Gasteiger partial charge in [-0.2, -0.15) is 5.10 Å². The van der Waals surface area contributed by atoms with Gasteiger partial charge in [0.25, 0.3) is 5.91 Å². The quantitative estimate of drug-likeness (QED) is 0.873. The van der Waals surface area contributed by atoms with Gasteiger partial charge in [0.2, 0.25) is 0 Å². The van der Waals surface area contributed by atoms with E-state index in [-0.39, 0.29) is 11.4 Å². The highest BCUT2D eigenvalue weighted by molar-refractivity contribution is 6.05. The first-order valence-corrected chi connectivity index (χ1v) is 6.39. The summed E-state index contributed by atoms with van der Waals surface area (Å²) in [5.41, 5.74) is 6.63. The van der Waals surface area contributed by atoms with E-state index in [1.807, 2.05) is 45.2 Å². The van der Waals surface area contributed by atoms with Gasteiger partial charge in [0.05, 0.1) is 5.52 Å². The average molecular weight is 260 g/mol. The second-order valence-electron chi connectivity index (χ2n) is 5.37. The summed E-state index contributed by atoms with van der Waals surface area (Å²) >= 11 is 0. The second-order valence-corrected chi connectivity index (χ2v) is 5.37. The number of amides is 1.